The van der Waals surface area contributed by atoms with Gasteiger partial charge in [0.25, 0.3) is 0 Å². The van der Waals surface area contributed by atoms with Crippen LogP contribution in [0, 0.1) is 5.92 Å². The van der Waals surface area contributed by atoms with Gasteiger partial charge in [0.05, 0.1) is 12.7 Å². The molecule has 0 spiro atoms. The summed E-state index contributed by atoms with van der Waals surface area (Å²) in [6.45, 7) is 1.85. The van der Waals surface area contributed by atoms with Gasteiger partial charge in [-0.05, 0) is 17.7 Å². The fraction of sp³-hybridized carbons (Fsp3) is 0.385. The average Bonchev–Trinajstić information content (AvgIpc) is 2.25. The highest BCUT2D eigenvalue weighted by Gasteiger charge is 2.34. The van der Waals surface area contributed by atoms with E-state index in [4.69, 9.17) is 4.74 Å². The van der Waals surface area contributed by atoms with Crippen molar-refractivity contribution in [1.82, 2.24) is 5.32 Å². The summed E-state index contributed by atoms with van der Waals surface area (Å²) in [6, 6.07) is 3.91. The molecule has 2 rings (SSSR count). The number of benzene rings is 1. The molecule has 0 aliphatic carbocycles. The van der Waals surface area contributed by atoms with Crippen molar-refractivity contribution in [2.45, 2.75) is 6.18 Å². The number of halogens is 4. The zero-order chi connectivity index (χ0) is 13.2. The SMILES string of the molecule is COc1cc(/C=C/C2CNC2)ccc1C(F)(F)F.Cl. The smallest absolute Gasteiger partial charge is 0.419 e. The minimum atomic E-state index is -4.38. The van der Waals surface area contributed by atoms with Crippen LogP contribution < -0.4 is 10.1 Å². The molecule has 1 aliphatic heterocycles. The van der Waals surface area contributed by atoms with E-state index in [2.05, 4.69) is 5.32 Å². The van der Waals surface area contributed by atoms with Crippen molar-refractivity contribution in [2.24, 2.45) is 5.92 Å². The van der Waals surface area contributed by atoms with E-state index in [1.807, 2.05) is 12.2 Å². The molecule has 106 valence electrons. The highest BCUT2D eigenvalue weighted by atomic mass is 35.5. The summed E-state index contributed by atoms with van der Waals surface area (Å²) in [4.78, 5) is 0. The van der Waals surface area contributed by atoms with E-state index in [-0.39, 0.29) is 18.2 Å². The van der Waals surface area contributed by atoms with Crippen molar-refractivity contribution in [1.29, 1.82) is 0 Å². The van der Waals surface area contributed by atoms with Crippen LogP contribution in [0.3, 0.4) is 0 Å². The van der Waals surface area contributed by atoms with Crippen LogP contribution >= 0.6 is 12.4 Å². The van der Waals surface area contributed by atoms with Crippen LogP contribution in [0.5, 0.6) is 5.75 Å². The Hall–Kier alpha value is -1.20. The molecule has 2 nitrogen and oxygen atoms in total. The van der Waals surface area contributed by atoms with E-state index >= 15 is 0 Å². The van der Waals surface area contributed by atoms with Gasteiger partial charge in [0.15, 0.2) is 0 Å². The predicted octanol–water partition coefficient (Wildman–Crippen LogP) is 3.37. The van der Waals surface area contributed by atoms with Crippen LogP contribution in [0.1, 0.15) is 11.1 Å². The molecule has 1 aromatic carbocycles. The summed E-state index contributed by atoms with van der Waals surface area (Å²) in [5, 5.41) is 3.12. The van der Waals surface area contributed by atoms with Gasteiger partial charge in [-0.25, -0.2) is 0 Å². The zero-order valence-corrected chi connectivity index (χ0v) is 11.1. The molecular weight excluding hydrogens is 279 g/mol. The quantitative estimate of drug-likeness (QED) is 0.922. The number of methoxy groups -OCH3 is 1. The lowest BCUT2D eigenvalue weighted by Crippen LogP contribution is -2.40. The minimum absolute atomic E-state index is 0. The fourth-order valence-corrected chi connectivity index (χ4v) is 1.74. The van der Waals surface area contributed by atoms with Gasteiger partial charge < -0.3 is 10.1 Å². The van der Waals surface area contributed by atoms with Gasteiger partial charge in [-0.2, -0.15) is 13.2 Å². The Bertz CT molecular complexity index is 456. The molecule has 1 aromatic rings. The molecule has 19 heavy (non-hydrogen) atoms. The third kappa shape index (κ3) is 3.88. The topological polar surface area (TPSA) is 21.3 Å². The summed E-state index contributed by atoms with van der Waals surface area (Å²) in [5.41, 5.74) is -0.0285. The molecule has 6 heteroatoms. The van der Waals surface area contributed by atoms with E-state index < -0.39 is 11.7 Å². The second-order valence-electron chi connectivity index (χ2n) is 4.23. The third-order valence-electron chi connectivity index (χ3n) is 2.90. The summed E-state index contributed by atoms with van der Waals surface area (Å²) in [5.74, 6) is 0.328. The first-order valence-corrected chi connectivity index (χ1v) is 5.65. The Kier molecular flexibility index (Phi) is 5.26. The van der Waals surface area contributed by atoms with Crippen molar-refractivity contribution < 1.29 is 17.9 Å². The van der Waals surface area contributed by atoms with Gasteiger partial charge in [-0.15, -0.1) is 12.4 Å². The van der Waals surface area contributed by atoms with E-state index in [0.717, 1.165) is 19.2 Å². The maximum Gasteiger partial charge on any atom is 0.419 e. The lowest BCUT2D eigenvalue weighted by atomic mass is 10.0. The summed E-state index contributed by atoms with van der Waals surface area (Å²) >= 11 is 0. The second-order valence-corrected chi connectivity index (χ2v) is 4.23. The summed E-state index contributed by atoms with van der Waals surface area (Å²) in [7, 11) is 1.24. The van der Waals surface area contributed by atoms with Crippen molar-refractivity contribution >= 4 is 18.5 Å². The Morgan fingerprint density at radius 3 is 2.47 bits per heavy atom. The van der Waals surface area contributed by atoms with Gasteiger partial charge in [0, 0.05) is 19.0 Å². The van der Waals surface area contributed by atoms with Crippen LogP contribution in [-0.4, -0.2) is 20.2 Å². The van der Waals surface area contributed by atoms with Gasteiger partial charge in [0.2, 0.25) is 0 Å². The number of nitrogens with one attached hydrogen (secondary N) is 1. The molecular formula is C13H15ClF3NO. The van der Waals surface area contributed by atoms with Crippen LogP contribution in [0.2, 0.25) is 0 Å². The highest BCUT2D eigenvalue weighted by molar-refractivity contribution is 5.85. The number of hydrogen-bond donors (Lipinski definition) is 1. The second kappa shape index (κ2) is 6.30. The maximum absolute atomic E-state index is 12.6. The summed E-state index contributed by atoms with van der Waals surface area (Å²) < 4.78 is 42.7. The largest absolute Gasteiger partial charge is 0.496 e. The van der Waals surface area contributed by atoms with Gasteiger partial charge in [0.1, 0.15) is 5.75 Å². The Morgan fingerprint density at radius 2 is 2.00 bits per heavy atom. The minimum Gasteiger partial charge on any atom is -0.496 e. The number of ether oxygens (including phenoxy) is 1. The van der Waals surface area contributed by atoms with Crippen LogP contribution in [-0.2, 0) is 6.18 Å². The Labute approximate surface area is 116 Å². The molecule has 1 aliphatic rings. The van der Waals surface area contributed by atoms with Crippen LogP contribution in [0.4, 0.5) is 13.2 Å². The van der Waals surface area contributed by atoms with Crippen molar-refractivity contribution in [3.8, 4) is 5.75 Å². The van der Waals surface area contributed by atoms with Crippen LogP contribution in [0.25, 0.3) is 6.08 Å². The first-order chi connectivity index (χ1) is 8.50. The van der Waals surface area contributed by atoms with E-state index in [9.17, 15) is 13.2 Å². The normalized spacial score (nSPS) is 16.0. The Balaban J connectivity index is 0.00000180. The van der Waals surface area contributed by atoms with Gasteiger partial charge in [-0.1, -0.05) is 18.2 Å². The zero-order valence-electron chi connectivity index (χ0n) is 10.3. The van der Waals surface area contributed by atoms with Crippen molar-refractivity contribution in [3.63, 3.8) is 0 Å². The number of alkyl halides is 3. The predicted molar refractivity (Wildman–Crippen MR) is 70.6 cm³/mol. The summed E-state index contributed by atoms with van der Waals surface area (Å²) in [6.07, 6.45) is -0.557. The monoisotopic (exact) mass is 293 g/mol. The molecule has 1 N–H and O–H groups in total. The highest BCUT2D eigenvalue weighted by Crippen LogP contribution is 2.36. The fourth-order valence-electron chi connectivity index (χ4n) is 1.74. The Morgan fingerprint density at radius 1 is 1.32 bits per heavy atom. The first kappa shape index (κ1) is 15.9. The standard InChI is InChI=1S/C13H14F3NO.ClH/c1-18-12-6-9(2-3-10-7-17-8-10)4-5-11(12)13(14,15)16;/h2-6,10,17H,7-8H2,1H3;1H/b3-2+;. The van der Waals surface area contributed by atoms with Crippen molar-refractivity contribution in [2.75, 3.05) is 20.2 Å². The van der Waals surface area contributed by atoms with E-state index in [1.54, 1.807) is 0 Å². The molecule has 0 saturated carbocycles. The van der Waals surface area contributed by atoms with Crippen molar-refractivity contribution in [3.05, 3.63) is 35.4 Å². The molecule has 1 saturated heterocycles. The molecule has 0 aromatic heterocycles. The molecule has 0 radical (unpaired) electrons. The lowest BCUT2D eigenvalue weighted by Gasteiger charge is -2.23. The van der Waals surface area contributed by atoms with Gasteiger partial charge >= 0.3 is 6.18 Å². The van der Waals surface area contributed by atoms with E-state index in [0.29, 0.717) is 11.5 Å². The third-order valence-corrected chi connectivity index (χ3v) is 2.90. The van der Waals surface area contributed by atoms with Crippen LogP contribution in [0.15, 0.2) is 24.3 Å². The number of hydrogen-bond acceptors (Lipinski definition) is 2. The molecule has 0 atom stereocenters. The average molecular weight is 294 g/mol. The number of rotatable bonds is 3. The van der Waals surface area contributed by atoms with E-state index in [1.165, 1.54) is 19.2 Å². The molecule has 0 bridgehead atoms. The molecule has 0 amide bonds. The molecule has 1 fully saturated rings. The molecule has 0 unspecified atom stereocenters. The molecule has 1 heterocycles. The first-order valence-electron chi connectivity index (χ1n) is 5.65. The lowest BCUT2D eigenvalue weighted by molar-refractivity contribution is -0.138. The van der Waals surface area contributed by atoms with Gasteiger partial charge in [-0.3, -0.25) is 0 Å². The maximum atomic E-state index is 12.6.